The van der Waals surface area contributed by atoms with Crippen LogP contribution >= 0.6 is 11.6 Å². The number of nitrogens with one attached hydrogen (secondary N) is 2. The van der Waals surface area contributed by atoms with Crippen LogP contribution in [0.4, 0.5) is 28.8 Å². The number of carbonyl (C=O) groups excluding carboxylic acids is 1. The normalized spacial score (nSPS) is 14.4. The molecule has 0 radical (unpaired) electrons. The van der Waals surface area contributed by atoms with E-state index in [0.29, 0.717) is 18.2 Å². The molecule has 1 aromatic heterocycles. The van der Waals surface area contributed by atoms with Crippen molar-refractivity contribution in [1.82, 2.24) is 9.97 Å². The molecule has 38 heavy (non-hydrogen) atoms. The van der Waals surface area contributed by atoms with E-state index in [9.17, 15) is 13.2 Å². The van der Waals surface area contributed by atoms with Crippen molar-refractivity contribution in [3.05, 3.63) is 59.8 Å². The minimum absolute atomic E-state index is 0.0329. The summed E-state index contributed by atoms with van der Waals surface area (Å²) in [7, 11) is -3.51. The lowest BCUT2D eigenvalue weighted by Gasteiger charge is -2.32. The number of benzene rings is 2. The number of piperidine rings is 1. The second-order valence-electron chi connectivity index (χ2n) is 9.29. The van der Waals surface area contributed by atoms with Gasteiger partial charge in [-0.05, 0) is 70.0 Å². The lowest BCUT2D eigenvalue weighted by Crippen LogP contribution is -2.36. The van der Waals surface area contributed by atoms with Crippen LogP contribution in [0.1, 0.15) is 33.6 Å². The highest BCUT2D eigenvalue weighted by atomic mass is 35.5. The summed E-state index contributed by atoms with van der Waals surface area (Å²) < 4.78 is 30.8. The minimum Gasteiger partial charge on any atom is -0.466 e. The molecule has 0 spiro atoms. The Labute approximate surface area is 228 Å². The SMILES string of the molecule is CCOC(=O)C1CCN(c2ccc(Nc3ncc(Cl)c(Nc4ccccc4S(=O)(=O)C(C)C)n3)cc2)CC1. The molecule has 1 aliphatic rings. The highest BCUT2D eigenvalue weighted by Gasteiger charge is 2.26. The van der Waals surface area contributed by atoms with E-state index in [1.807, 2.05) is 31.2 Å². The van der Waals surface area contributed by atoms with Crippen molar-refractivity contribution in [2.45, 2.75) is 43.8 Å². The zero-order chi connectivity index (χ0) is 27.3. The van der Waals surface area contributed by atoms with Crippen LogP contribution in [0.5, 0.6) is 0 Å². The molecule has 2 N–H and O–H groups in total. The van der Waals surface area contributed by atoms with Crippen molar-refractivity contribution < 1.29 is 17.9 Å². The number of aromatic nitrogens is 2. The number of ether oxygens (including phenoxy) is 1. The molecule has 1 aliphatic heterocycles. The van der Waals surface area contributed by atoms with E-state index in [4.69, 9.17) is 16.3 Å². The van der Waals surface area contributed by atoms with Crippen LogP contribution in [0.25, 0.3) is 0 Å². The largest absolute Gasteiger partial charge is 0.466 e. The minimum atomic E-state index is -3.51. The molecule has 1 fully saturated rings. The van der Waals surface area contributed by atoms with Crippen LogP contribution in [0.15, 0.2) is 59.6 Å². The lowest BCUT2D eigenvalue weighted by atomic mass is 9.96. The highest BCUT2D eigenvalue weighted by molar-refractivity contribution is 7.92. The average Bonchev–Trinajstić information content (AvgIpc) is 2.91. The van der Waals surface area contributed by atoms with Gasteiger partial charge in [-0.15, -0.1) is 0 Å². The summed E-state index contributed by atoms with van der Waals surface area (Å²) in [5.41, 5.74) is 2.25. The number of sulfone groups is 1. The second kappa shape index (κ2) is 12.0. The molecule has 2 heterocycles. The number of rotatable bonds is 9. The fourth-order valence-corrected chi connectivity index (χ4v) is 5.57. The molecule has 0 amide bonds. The average molecular weight is 558 g/mol. The van der Waals surface area contributed by atoms with Gasteiger partial charge in [0.15, 0.2) is 15.7 Å². The molecule has 2 aromatic carbocycles. The molecule has 0 unspecified atom stereocenters. The first-order valence-corrected chi connectivity index (χ1v) is 14.5. The van der Waals surface area contributed by atoms with Gasteiger partial charge in [0.1, 0.15) is 5.02 Å². The number of halogens is 1. The molecule has 1 saturated heterocycles. The number of anilines is 5. The van der Waals surface area contributed by atoms with E-state index in [1.165, 1.54) is 6.20 Å². The van der Waals surface area contributed by atoms with Gasteiger partial charge in [0.25, 0.3) is 0 Å². The quantitative estimate of drug-likeness (QED) is 0.325. The van der Waals surface area contributed by atoms with Crippen LogP contribution in [-0.4, -0.2) is 49.3 Å². The molecule has 0 bridgehead atoms. The van der Waals surface area contributed by atoms with Crippen LogP contribution < -0.4 is 15.5 Å². The van der Waals surface area contributed by atoms with Gasteiger partial charge in [-0.1, -0.05) is 23.7 Å². The van der Waals surface area contributed by atoms with Crippen molar-refractivity contribution >= 4 is 56.2 Å². The van der Waals surface area contributed by atoms with E-state index in [1.54, 1.807) is 38.1 Å². The molecular weight excluding hydrogens is 526 g/mol. The lowest BCUT2D eigenvalue weighted by molar-refractivity contribution is -0.148. The summed E-state index contributed by atoms with van der Waals surface area (Å²) in [5.74, 6) is 0.462. The maximum atomic E-state index is 12.8. The first-order chi connectivity index (χ1) is 18.2. The van der Waals surface area contributed by atoms with Gasteiger partial charge in [0, 0.05) is 24.5 Å². The third-order valence-electron chi connectivity index (χ3n) is 6.41. The third-order valence-corrected chi connectivity index (χ3v) is 8.90. The topological polar surface area (TPSA) is 114 Å². The Morgan fingerprint density at radius 2 is 1.79 bits per heavy atom. The van der Waals surface area contributed by atoms with Crippen LogP contribution in [0.2, 0.25) is 5.02 Å². The molecule has 202 valence electrons. The van der Waals surface area contributed by atoms with Gasteiger partial charge >= 0.3 is 5.97 Å². The van der Waals surface area contributed by atoms with Crippen molar-refractivity contribution in [2.75, 3.05) is 35.2 Å². The molecule has 4 rings (SSSR count). The Kier molecular flexibility index (Phi) is 8.73. The first kappa shape index (κ1) is 27.7. The van der Waals surface area contributed by atoms with E-state index in [0.717, 1.165) is 37.3 Å². The van der Waals surface area contributed by atoms with Crippen LogP contribution in [-0.2, 0) is 19.4 Å². The fourth-order valence-electron chi connectivity index (χ4n) is 4.23. The summed E-state index contributed by atoms with van der Waals surface area (Å²) in [6.45, 7) is 7.11. The zero-order valence-electron chi connectivity index (χ0n) is 21.6. The second-order valence-corrected chi connectivity index (χ2v) is 12.2. The van der Waals surface area contributed by atoms with E-state index in [2.05, 4.69) is 25.5 Å². The Morgan fingerprint density at radius 1 is 1.11 bits per heavy atom. The fraction of sp³-hybridized carbons (Fsp3) is 0.370. The Morgan fingerprint density at radius 3 is 2.45 bits per heavy atom. The van der Waals surface area contributed by atoms with Crippen molar-refractivity contribution in [3.63, 3.8) is 0 Å². The molecule has 11 heteroatoms. The predicted octanol–water partition coefficient (Wildman–Crippen LogP) is 5.58. The smallest absolute Gasteiger partial charge is 0.309 e. The molecule has 3 aromatic rings. The van der Waals surface area contributed by atoms with Gasteiger partial charge in [-0.25, -0.2) is 13.4 Å². The van der Waals surface area contributed by atoms with Gasteiger partial charge in [0.05, 0.1) is 34.6 Å². The van der Waals surface area contributed by atoms with E-state index in [-0.39, 0.29) is 27.6 Å². The molecular formula is C27H32ClN5O4S. The van der Waals surface area contributed by atoms with E-state index < -0.39 is 15.1 Å². The van der Waals surface area contributed by atoms with E-state index >= 15 is 0 Å². The summed E-state index contributed by atoms with van der Waals surface area (Å²) >= 11 is 6.33. The number of esters is 1. The van der Waals surface area contributed by atoms with Crippen molar-refractivity contribution in [2.24, 2.45) is 5.92 Å². The molecule has 0 saturated carbocycles. The van der Waals surface area contributed by atoms with Crippen molar-refractivity contribution in [3.8, 4) is 0 Å². The number of hydrogen-bond donors (Lipinski definition) is 2. The Hall–Kier alpha value is -3.37. The first-order valence-electron chi connectivity index (χ1n) is 12.6. The van der Waals surface area contributed by atoms with Crippen LogP contribution in [0.3, 0.4) is 0 Å². The predicted molar refractivity (Wildman–Crippen MR) is 150 cm³/mol. The monoisotopic (exact) mass is 557 g/mol. The summed E-state index contributed by atoms with van der Waals surface area (Å²) in [6, 6.07) is 14.6. The molecule has 0 atom stereocenters. The summed E-state index contributed by atoms with van der Waals surface area (Å²) in [4.78, 5) is 23.2. The number of carbonyl (C=O) groups is 1. The maximum Gasteiger partial charge on any atom is 0.309 e. The van der Waals surface area contributed by atoms with Crippen LogP contribution in [0, 0.1) is 5.92 Å². The standard InChI is InChI=1S/C27H32ClN5O4S/c1-4-37-26(34)19-13-15-33(16-14-19)21-11-9-20(10-12-21)30-27-29-17-22(28)25(32-27)31-23-7-5-6-8-24(23)38(35,36)18(2)3/h5-12,17-19H,4,13-16H2,1-3H3,(H2,29,30,31,32). The van der Waals surface area contributed by atoms with Gasteiger partial charge in [0.2, 0.25) is 5.95 Å². The molecule has 9 nitrogen and oxygen atoms in total. The Bertz CT molecular complexity index is 1370. The number of nitrogens with zero attached hydrogens (tertiary/aromatic N) is 3. The third kappa shape index (κ3) is 6.36. The van der Waals surface area contributed by atoms with Gasteiger partial charge in [-0.2, -0.15) is 4.98 Å². The summed E-state index contributed by atoms with van der Waals surface area (Å²) in [6.07, 6.45) is 3.00. The number of hydrogen-bond acceptors (Lipinski definition) is 9. The summed E-state index contributed by atoms with van der Waals surface area (Å²) in [5, 5.41) is 5.91. The van der Waals surface area contributed by atoms with Gasteiger partial charge < -0.3 is 20.3 Å². The van der Waals surface area contributed by atoms with Crippen molar-refractivity contribution in [1.29, 1.82) is 0 Å². The Balaban J connectivity index is 1.44. The highest BCUT2D eigenvalue weighted by Crippen LogP contribution is 2.31. The maximum absolute atomic E-state index is 12.8. The molecule has 0 aliphatic carbocycles. The van der Waals surface area contributed by atoms with Gasteiger partial charge in [-0.3, -0.25) is 4.79 Å². The zero-order valence-corrected chi connectivity index (χ0v) is 23.2. The number of para-hydroxylation sites is 1.